The van der Waals surface area contributed by atoms with Crippen LogP contribution in [0.1, 0.15) is 25.0 Å². The smallest absolute Gasteiger partial charge is 0.218 e. The molecule has 0 saturated heterocycles. The predicted octanol–water partition coefficient (Wildman–Crippen LogP) is 1.54. The zero-order valence-corrected chi connectivity index (χ0v) is 8.32. The van der Waals surface area contributed by atoms with Gasteiger partial charge in [0.15, 0.2) is 0 Å². The third kappa shape index (κ3) is 2.48. The summed E-state index contributed by atoms with van der Waals surface area (Å²) in [6.45, 7) is 1.74. The van der Waals surface area contributed by atoms with E-state index in [2.05, 4.69) is 16.8 Å². The molecular weight excluding hydrogens is 178 g/mol. The molecule has 1 aromatic rings. The maximum Gasteiger partial charge on any atom is 0.218 e. The van der Waals surface area contributed by atoms with Gasteiger partial charge in [-0.1, -0.05) is 0 Å². The molecule has 74 valence electrons. The maximum absolute atomic E-state index is 9.74. The molecule has 0 radical (unpaired) electrons. The molecule has 0 aliphatic carbocycles. The molecule has 3 heteroatoms. The molecule has 0 saturated carbocycles. The molecule has 1 aromatic heterocycles. The van der Waals surface area contributed by atoms with E-state index >= 15 is 0 Å². The molecule has 1 atom stereocenters. The Morgan fingerprint density at radius 2 is 2.43 bits per heavy atom. The summed E-state index contributed by atoms with van der Waals surface area (Å²) >= 11 is 0. The largest absolute Gasteiger partial charge is 0.481 e. The summed E-state index contributed by atoms with van der Waals surface area (Å²) in [5, 5.41) is 9.74. The van der Waals surface area contributed by atoms with Crippen LogP contribution in [0.2, 0.25) is 0 Å². The summed E-state index contributed by atoms with van der Waals surface area (Å²) in [6, 6.07) is 3.55. The van der Waals surface area contributed by atoms with E-state index in [1.165, 1.54) is 7.11 Å². The van der Waals surface area contributed by atoms with Crippen LogP contribution in [0, 0.1) is 11.8 Å². The number of hydrogen-bond donors (Lipinski definition) is 1. The van der Waals surface area contributed by atoms with Gasteiger partial charge in [0.2, 0.25) is 5.88 Å². The van der Waals surface area contributed by atoms with Gasteiger partial charge in [0, 0.05) is 18.2 Å². The summed E-state index contributed by atoms with van der Waals surface area (Å²) in [4.78, 5) is 4.00. The highest BCUT2D eigenvalue weighted by Gasteiger charge is 2.11. The van der Waals surface area contributed by atoms with Crippen LogP contribution in [-0.2, 0) is 0 Å². The zero-order chi connectivity index (χ0) is 10.4. The predicted molar refractivity (Wildman–Crippen MR) is 53.8 cm³/mol. The highest BCUT2D eigenvalue weighted by molar-refractivity contribution is 5.28. The lowest BCUT2D eigenvalue weighted by Gasteiger charge is -2.10. The zero-order valence-electron chi connectivity index (χ0n) is 8.32. The average molecular weight is 191 g/mol. The van der Waals surface area contributed by atoms with Gasteiger partial charge in [-0.2, -0.15) is 0 Å². The minimum atomic E-state index is -0.633. The Morgan fingerprint density at radius 3 is 3.07 bits per heavy atom. The molecule has 1 unspecified atom stereocenters. The first-order valence-electron chi connectivity index (χ1n) is 4.36. The lowest BCUT2D eigenvalue weighted by Crippen LogP contribution is -2.01. The number of methoxy groups -OCH3 is 1. The van der Waals surface area contributed by atoms with Gasteiger partial charge >= 0.3 is 0 Å². The first-order chi connectivity index (χ1) is 6.79. The Hall–Kier alpha value is -1.53. The number of pyridine rings is 1. The van der Waals surface area contributed by atoms with Crippen LogP contribution in [0.3, 0.4) is 0 Å². The van der Waals surface area contributed by atoms with Gasteiger partial charge in [0.1, 0.15) is 0 Å². The fraction of sp³-hybridized carbons (Fsp3) is 0.364. The van der Waals surface area contributed by atoms with Crippen LogP contribution in [0.4, 0.5) is 0 Å². The number of aromatic nitrogens is 1. The first-order valence-corrected chi connectivity index (χ1v) is 4.36. The number of hydrogen-bond acceptors (Lipinski definition) is 3. The lowest BCUT2D eigenvalue weighted by atomic mass is 10.1. The monoisotopic (exact) mass is 191 g/mol. The maximum atomic E-state index is 9.74. The minimum absolute atomic E-state index is 0.401. The molecule has 3 nitrogen and oxygen atoms in total. The highest BCUT2D eigenvalue weighted by Crippen LogP contribution is 2.23. The van der Waals surface area contributed by atoms with Crippen LogP contribution < -0.4 is 4.74 Å². The summed E-state index contributed by atoms with van der Waals surface area (Å²) < 4.78 is 5.03. The van der Waals surface area contributed by atoms with Crippen molar-refractivity contribution < 1.29 is 9.84 Å². The second-order valence-electron chi connectivity index (χ2n) is 2.75. The van der Waals surface area contributed by atoms with Crippen LogP contribution in [-0.4, -0.2) is 17.2 Å². The number of rotatable bonds is 3. The highest BCUT2D eigenvalue weighted by atomic mass is 16.5. The van der Waals surface area contributed by atoms with Gasteiger partial charge < -0.3 is 9.84 Å². The normalized spacial score (nSPS) is 11.4. The van der Waals surface area contributed by atoms with Crippen molar-refractivity contribution in [2.24, 2.45) is 0 Å². The molecular formula is C11H13NO2. The average Bonchev–Trinajstić information content (AvgIpc) is 2.25. The summed E-state index contributed by atoms with van der Waals surface area (Å²) in [5.41, 5.74) is 0.678. The molecule has 0 aromatic carbocycles. The van der Waals surface area contributed by atoms with E-state index in [-0.39, 0.29) is 0 Å². The molecule has 1 rings (SSSR count). The molecule has 1 heterocycles. The van der Waals surface area contributed by atoms with Crippen molar-refractivity contribution in [3.8, 4) is 17.7 Å². The van der Waals surface area contributed by atoms with Crippen LogP contribution in [0.25, 0.3) is 0 Å². The molecule has 0 fully saturated rings. The van der Waals surface area contributed by atoms with Crippen molar-refractivity contribution in [1.29, 1.82) is 0 Å². The van der Waals surface area contributed by atoms with Crippen LogP contribution >= 0.6 is 0 Å². The van der Waals surface area contributed by atoms with E-state index in [0.29, 0.717) is 17.9 Å². The van der Waals surface area contributed by atoms with Gasteiger partial charge in [0.05, 0.1) is 13.2 Å². The van der Waals surface area contributed by atoms with Crippen molar-refractivity contribution in [3.63, 3.8) is 0 Å². The molecule has 0 spiro atoms. The number of ether oxygens (including phenoxy) is 1. The van der Waals surface area contributed by atoms with Gasteiger partial charge in [0.25, 0.3) is 0 Å². The van der Waals surface area contributed by atoms with Crippen LogP contribution in [0.5, 0.6) is 5.88 Å². The fourth-order valence-corrected chi connectivity index (χ4v) is 1.14. The number of nitrogens with zero attached hydrogens (tertiary/aromatic N) is 1. The molecule has 0 bridgehead atoms. The van der Waals surface area contributed by atoms with E-state index in [1.54, 1.807) is 25.3 Å². The summed E-state index contributed by atoms with van der Waals surface area (Å²) in [7, 11) is 1.53. The van der Waals surface area contributed by atoms with Crippen molar-refractivity contribution in [1.82, 2.24) is 4.98 Å². The molecule has 0 aliphatic rings. The van der Waals surface area contributed by atoms with Crippen molar-refractivity contribution >= 4 is 0 Å². The topological polar surface area (TPSA) is 42.4 Å². The third-order valence-electron chi connectivity index (χ3n) is 1.83. The summed E-state index contributed by atoms with van der Waals surface area (Å²) in [6.07, 6.45) is 1.39. The van der Waals surface area contributed by atoms with Crippen molar-refractivity contribution in [2.75, 3.05) is 7.11 Å². The van der Waals surface area contributed by atoms with E-state index in [1.807, 2.05) is 0 Å². The van der Waals surface area contributed by atoms with Crippen molar-refractivity contribution in [3.05, 3.63) is 23.9 Å². The second-order valence-corrected chi connectivity index (χ2v) is 2.75. The van der Waals surface area contributed by atoms with Crippen LogP contribution in [0.15, 0.2) is 18.3 Å². The first kappa shape index (κ1) is 10.6. The Kier molecular flexibility index (Phi) is 3.96. The van der Waals surface area contributed by atoms with E-state index < -0.39 is 6.10 Å². The standard InChI is InChI=1S/C11H13NO2/c1-3-4-7-10(13)9-6-5-8-12-11(9)14-2/h5-6,8,10,13H,7H2,1-2H3. The van der Waals surface area contributed by atoms with Gasteiger partial charge in [-0.3, -0.25) is 0 Å². The molecule has 0 amide bonds. The van der Waals surface area contributed by atoms with E-state index in [9.17, 15) is 5.11 Å². The van der Waals surface area contributed by atoms with Gasteiger partial charge in [-0.05, 0) is 19.1 Å². The second kappa shape index (κ2) is 5.25. The third-order valence-corrected chi connectivity index (χ3v) is 1.83. The molecule has 14 heavy (non-hydrogen) atoms. The lowest BCUT2D eigenvalue weighted by molar-refractivity contribution is 0.178. The van der Waals surface area contributed by atoms with E-state index in [0.717, 1.165) is 0 Å². The quantitative estimate of drug-likeness (QED) is 0.737. The Balaban J connectivity index is 2.85. The molecule has 0 aliphatic heterocycles. The number of aliphatic hydroxyl groups is 1. The Bertz CT molecular complexity index is 352. The SMILES string of the molecule is CC#CCC(O)c1cccnc1OC. The Labute approximate surface area is 83.7 Å². The van der Waals surface area contributed by atoms with Gasteiger partial charge in [-0.25, -0.2) is 4.98 Å². The van der Waals surface area contributed by atoms with E-state index in [4.69, 9.17) is 4.74 Å². The van der Waals surface area contributed by atoms with Crippen molar-refractivity contribution in [2.45, 2.75) is 19.4 Å². The fourth-order valence-electron chi connectivity index (χ4n) is 1.14. The number of aliphatic hydroxyl groups excluding tert-OH is 1. The summed E-state index contributed by atoms with van der Waals surface area (Å²) in [5.74, 6) is 6.01. The Morgan fingerprint density at radius 1 is 1.64 bits per heavy atom. The van der Waals surface area contributed by atoms with Gasteiger partial charge in [-0.15, -0.1) is 11.8 Å². The molecule has 1 N–H and O–H groups in total. The minimum Gasteiger partial charge on any atom is -0.481 e.